The number of aromatic nitrogens is 1. The molecule has 2 fully saturated rings. The van der Waals surface area contributed by atoms with E-state index >= 15 is 0 Å². The van der Waals surface area contributed by atoms with Crippen LogP contribution in [0.4, 0.5) is 0 Å². The monoisotopic (exact) mass is 260 g/mol. The van der Waals surface area contributed by atoms with Gasteiger partial charge in [0.2, 0.25) is 0 Å². The van der Waals surface area contributed by atoms with Crippen LogP contribution in [0.2, 0.25) is 0 Å². The molecule has 5 unspecified atom stereocenters. The van der Waals surface area contributed by atoms with Crippen molar-refractivity contribution in [2.45, 2.75) is 38.3 Å². The molecule has 1 aromatic rings. The number of pyridine rings is 1. The van der Waals surface area contributed by atoms with Gasteiger partial charge >= 0.3 is 5.97 Å². The van der Waals surface area contributed by atoms with Gasteiger partial charge in [0.1, 0.15) is 0 Å². The molecule has 5 atom stereocenters. The molecule has 2 bridgehead atoms. The molecule has 0 radical (unpaired) electrons. The summed E-state index contributed by atoms with van der Waals surface area (Å²) in [6.45, 7) is 2.06. The second-order valence-corrected chi connectivity index (χ2v) is 5.87. The topological polar surface area (TPSA) is 62.2 Å². The van der Waals surface area contributed by atoms with E-state index in [0.717, 1.165) is 18.5 Å². The quantitative estimate of drug-likeness (QED) is 0.871. The van der Waals surface area contributed by atoms with Crippen molar-refractivity contribution in [3.05, 3.63) is 30.1 Å². The van der Waals surface area contributed by atoms with Crippen LogP contribution in [0, 0.1) is 17.8 Å². The van der Waals surface area contributed by atoms with Crippen LogP contribution in [-0.2, 0) is 4.79 Å². The molecule has 3 rings (SSSR count). The number of carboxylic acids is 1. The Balaban J connectivity index is 1.73. The molecule has 1 heterocycles. The molecule has 2 saturated carbocycles. The van der Waals surface area contributed by atoms with E-state index < -0.39 is 5.97 Å². The summed E-state index contributed by atoms with van der Waals surface area (Å²) >= 11 is 0. The minimum absolute atomic E-state index is 0.104. The highest BCUT2D eigenvalue weighted by Gasteiger charge is 2.51. The smallest absolute Gasteiger partial charge is 0.308 e. The van der Waals surface area contributed by atoms with Crippen molar-refractivity contribution in [2.24, 2.45) is 17.8 Å². The van der Waals surface area contributed by atoms with Crippen molar-refractivity contribution in [3.8, 4) is 0 Å². The largest absolute Gasteiger partial charge is 0.481 e. The molecule has 4 nitrogen and oxygen atoms in total. The van der Waals surface area contributed by atoms with Crippen molar-refractivity contribution in [3.63, 3.8) is 0 Å². The second-order valence-electron chi connectivity index (χ2n) is 5.87. The van der Waals surface area contributed by atoms with Gasteiger partial charge in [0.05, 0.1) is 11.6 Å². The van der Waals surface area contributed by atoms with Gasteiger partial charge in [-0.3, -0.25) is 9.78 Å². The lowest BCUT2D eigenvalue weighted by Gasteiger charge is -2.31. The van der Waals surface area contributed by atoms with Gasteiger partial charge in [0.15, 0.2) is 0 Å². The lowest BCUT2D eigenvalue weighted by atomic mass is 9.84. The summed E-state index contributed by atoms with van der Waals surface area (Å²) in [5.74, 6) is 0.0380. The van der Waals surface area contributed by atoms with Crippen LogP contribution in [0.1, 0.15) is 37.9 Å². The number of nitrogens with zero attached hydrogens (tertiary/aromatic N) is 1. The fourth-order valence-corrected chi connectivity index (χ4v) is 3.89. The van der Waals surface area contributed by atoms with E-state index in [1.807, 2.05) is 18.2 Å². The van der Waals surface area contributed by atoms with Gasteiger partial charge < -0.3 is 10.4 Å². The highest BCUT2D eigenvalue weighted by molar-refractivity contribution is 5.72. The molecule has 1 aromatic heterocycles. The van der Waals surface area contributed by atoms with Gasteiger partial charge in [-0.2, -0.15) is 0 Å². The first-order valence-electron chi connectivity index (χ1n) is 7.06. The summed E-state index contributed by atoms with van der Waals surface area (Å²) in [5.41, 5.74) is 0.981. The van der Waals surface area contributed by atoms with E-state index in [0.29, 0.717) is 11.8 Å². The van der Waals surface area contributed by atoms with Crippen LogP contribution in [-0.4, -0.2) is 22.1 Å². The van der Waals surface area contributed by atoms with Crippen molar-refractivity contribution >= 4 is 5.97 Å². The van der Waals surface area contributed by atoms with Gasteiger partial charge in [0, 0.05) is 18.3 Å². The molecule has 2 N–H and O–H groups in total. The Morgan fingerprint density at radius 3 is 2.89 bits per heavy atom. The first kappa shape index (κ1) is 12.6. The third-order valence-corrected chi connectivity index (χ3v) is 4.78. The molecule has 0 aliphatic heterocycles. The highest BCUT2D eigenvalue weighted by Crippen LogP contribution is 2.49. The molecule has 0 saturated heterocycles. The first-order valence-corrected chi connectivity index (χ1v) is 7.06. The number of aliphatic carboxylic acids is 1. The number of carboxylic acid groups (broad SMARTS) is 1. The van der Waals surface area contributed by atoms with Gasteiger partial charge in [-0.1, -0.05) is 6.07 Å². The number of carbonyl (C=O) groups is 1. The van der Waals surface area contributed by atoms with Crippen molar-refractivity contribution < 1.29 is 9.90 Å². The van der Waals surface area contributed by atoms with Crippen LogP contribution >= 0.6 is 0 Å². The molecule has 0 amide bonds. The Labute approximate surface area is 113 Å². The molecule has 4 heteroatoms. The standard InChI is InChI=1S/C15H20N2O2/c1-9(12-4-2-3-7-16-12)17-14-11-6-5-10(8-11)13(14)15(18)19/h2-4,7,9-11,13-14,17H,5-6,8H2,1H3,(H,18,19). The van der Waals surface area contributed by atoms with Gasteiger partial charge in [-0.05, 0) is 50.2 Å². The van der Waals surface area contributed by atoms with Crippen molar-refractivity contribution in [1.82, 2.24) is 10.3 Å². The van der Waals surface area contributed by atoms with Crippen molar-refractivity contribution in [1.29, 1.82) is 0 Å². The first-order chi connectivity index (χ1) is 9.16. The Morgan fingerprint density at radius 2 is 2.21 bits per heavy atom. The molecule has 0 spiro atoms. The molecular formula is C15H20N2O2. The van der Waals surface area contributed by atoms with Gasteiger partial charge in [-0.15, -0.1) is 0 Å². The number of fused-ring (bicyclic) bond motifs is 2. The third kappa shape index (κ3) is 2.25. The van der Waals surface area contributed by atoms with E-state index in [1.165, 1.54) is 6.42 Å². The average molecular weight is 260 g/mol. The maximum atomic E-state index is 11.5. The number of nitrogens with one attached hydrogen (secondary N) is 1. The van der Waals surface area contributed by atoms with E-state index in [2.05, 4.69) is 17.2 Å². The van der Waals surface area contributed by atoms with E-state index in [9.17, 15) is 9.90 Å². The van der Waals surface area contributed by atoms with Crippen LogP contribution in [0.3, 0.4) is 0 Å². The molecule has 0 aromatic carbocycles. The summed E-state index contributed by atoms with van der Waals surface area (Å²) in [6.07, 6.45) is 5.10. The van der Waals surface area contributed by atoms with E-state index in [-0.39, 0.29) is 18.0 Å². The van der Waals surface area contributed by atoms with Gasteiger partial charge in [-0.25, -0.2) is 0 Å². The second kappa shape index (κ2) is 4.93. The SMILES string of the molecule is CC(NC1C2CCC(C2)C1C(=O)O)c1ccccn1. The maximum absolute atomic E-state index is 11.5. The lowest BCUT2D eigenvalue weighted by Crippen LogP contribution is -2.45. The molecular weight excluding hydrogens is 240 g/mol. The normalized spacial score (nSPS) is 34.4. The fraction of sp³-hybridized carbons (Fsp3) is 0.600. The number of hydrogen-bond donors (Lipinski definition) is 2. The zero-order valence-electron chi connectivity index (χ0n) is 11.1. The molecule has 102 valence electrons. The van der Waals surface area contributed by atoms with Crippen LogP contribution in [0.25, 0.3) is 0 Å². The highest BCUT2D eigenvalue weighted by atomic mass is 16.4. The summed E-state index contributed by atoms with van der Waals surface area (Å²) < 4.78 is 0. The molecule has 2 aliphatic rings. The van der Waals surface area contributed by atoms with Crippen LogP contribution < -0.4 is 5.32 Å². The Bertz CT molecular complexity index is 462. The predicted molar refractivity (Wildman–Crippen MR) is 71.5 cm³/mol. The summed E-state index contributed by atoms with van der Waals surface area (Å²) in [6, 6.07) is 6.06. The minimum Gasteiger partial charge on any atom is -0.481 e. The van der Waals surface area contributed by atoms with Crippen molar-refractivity contribution in [2.75, 3.05) is 0 Å². The molecule has 2 aliphatic carbocycles. The average Bonchev–Trinajstić information content (AvgIpc) is 3.00. The number of rotatable bonds is 4. The Hall–Kier alpha value is -1.42. The fourth-order valence-electron chi connectivity index (χ4n) is 3.89. The lowest BCUT2D eigenvalue weighted by molar-refractivity contribution is -0.144. The van der Waals surface area contributed by atoms with E-state index in [1.54, 1.807) is 6.20 Å². The maximum Gasteiger partial charge on any atom is 0.308 e. The van der Waals surface area contributed by atoms with Gasteiger partial charge in [0.25, 0.3) is 0 Å². The zero-order valence-corrected chi connectivity index (χ0v) is 11.1. The number of hydrogen-bond acceptors (Lipinski definition) is 3. The van der Waals surface area contributed by atoms with E-state index in [4.69, 9.17) is 0 Å². The third-order valence-electron chi connectivity index (χ3n) is 4.78. The Morgan fingerprint density at radius 1 is 1.42 bits per heavy atom. The van der Waals surface area contributed by atoms with Crippen LogP contribution in [0.15, 0.2) is 24.4 Å². The predicted octanol–water partition coefficient (Wildman–Crippen LogP) is 2.23. The zero-order chi connectivity index (χ0) is 13.4. The summed E-state index contributed by atoms with van der Waals surface area (Å²) in [4.78, 5) is 15.8. The van der Waals surface area contributed by atoms with Crippen LogP contribution in [0.5, 0.6) is 0 Å². The molecule has 19 heavy (non-hydrogen) atoms. The summed E-state index contributed by atoms with van der Waals surface area (Å²) in [7, 11) is 0. The Kier molecular flexibility index (Phi) is 3.27. The summed E-state index contributed by atoms with van der Waals surface area (Å²) in [5, 5.41) is 12.9. The minimum atomic E-state index is -0.641.